The van der Waals surface area contributed by atoms with Crippen LogP contribution in [0.4, 0.5) is 0 Å². The van der Waals surface area contributed by atoms with Gasteiger partial charge in [-0.2, -0.15) is 0 Å². The maximum atomic E-state index is 5.49. The second-order valence-corrected chi connectivity index (χ2v) is 6.46. The van der Waals surface area contributed by atoms with Gasteiger partial charge in [0.2, 0.25) is 0 Å². The van der Waals surface area contributed by atoms with Crippen LogP contribution in [0, 0.1) is 6.92 Å². The van der Waals surface area contributed by atoms with Gasteiger partial charge in [-0.05, 0) is 37.1 Å². The normalized spacial score (nSPS) is 10.9. The van der Waals surface area contributed by atoms with Crippen molar-refractivity contribution in [1.29, 1.82) is 0 Å². The molecule has 1 aromatic heterocycles. The molecule has 0 radical (unpaired) electrons. The summed E-state index contributed by atoms with van der Waals surface area (Å²) in [5.74, 6) is 1.63. The zero-order valence-corrected chi connectivity index (χ0v) is 19.4. The average molecular weight is 505 g/mol. The summed E-state index contributed by atoms with van der Waals surface area (Å²) in [4.78, 5) is 8.87. The SMILES string of the molecule is CCNC(=NCc1ccc(C)cc1OC)NCc1ccccc1-n1ccnc1.I. The molecule has 3 aromatic rings. The molecule has 0 atom stereocenters. The monoisotopic (exact) mass is 505 g/mol. The predicted molar refractivity (Wildman–Crippen MR) is 128 cm³/mol. The van der Waals surface area contributed by atoms with Crippen molar-refractivity contribution in [3.63, 3.8) is 0 Å². The van der Waals surface area contributed by atoms with Crippen LogP contribution in [0.1, 0.15) is 23.6 Å². The number of benzene rings is 2. The van der Waals surface area contributed by atoms with Crippen LogP contribution < -0.4 is 15.4 Å². The van der Waals surface area contributed by atoms with Crippen molar-refractivity contribution in [3.8, 4) is 11.4 Å². The predicted octanol–water partition coefficient (Wildman–Crippen LogP) is 4.06. The standard InChI is InChI=1S/C22H27N5O.HI/c1-4-24-22(26-15-19-10-9-17(2)13-21(19)28-3)25-14-18-7-5-6-8-20(18)27-12-11-23-16-27;/h5-13,16H,4,14-15H2,1-3H3,(H2,24,25,26);1H. The lowest BCUT2D eigenvalue weighted by Crippen LogP contribution is -2.37. The van der Waals surface area contributed by atoms with Gasteiger partial charge in [0.05, 0.1) is 25.7 Å². The molecule has 7 heteroatoms. The third-order valence-electron chi connectivity index (χ3n) is 4.41. The van der Waals surface area contributed by atoms with Gasteiger partial charge in [-0.3, -0.25) is 0 Å². The molecule has 2 N–H and O–H groups in total. The molecule has 0 aliphatic heterocycles. The van der Waals surface area contributed by atoms with Crippen molar-refractivity contribution in [2.75, 3.05) is 13.7 Å². The van der Waals surface area contributed by atoms with Gasteiger partial charge in [0, 0.05) is 31.0 Å². The van der Waals surface area contributed by atoms with Crippen LogP contribution in [-0.2, 0) is 13.1 Å². The highest BCUT2D eigenvalue weighted by molar-refractivity contribution is 14.0. The van der Waals surface area contributed by atoms with E-state index < -0.39 is 0 Å². The van der Waals surface area contributed by atoms with Gasteiger partial charge in [0.1, 0.15) is 5.75 Å². The van der Waals surface area contributed by atoms with Crippen LogP contribution in [0.5, 0.6) is 5.75 Å². The van der Waals surface area contributed by atoms with Gasteiger partial charge in [-0.25, -0.2) is 9.98 Å². The highest BCUT2D eigenvalue weighted by Crippen LogP contribution is 2.20. The van der Waals surface area contributed by atoms with Crippen LogP contribution in [0.25, 0.3) is 5.69 Å². The van der Waals surface area contributed by atoms with Crippen LogP contribution in [-0.4, -0.2) is 29.2 Å². The molecule has 3 rings (SSSR count). The number of imidazole rings is 1. The number of hydrogen-bond donors (Lipinski definition) is 2. The first kappa shape index (κ1) is 22.7. The Morgan fingerprint density at radius 1 is 1.14 bits per heavy atom. The van der Waals surface area contributed by atoms with Crippen LogP contribution in [0.2, 0.25) is 0 Å². The molecule has 0 spiro atoms. The fourth-order valence-electron chi connectivity index (χ4n) is 2.98. The number of nitrogens with one attached hydrogen (secondary N) is 2. The highest BCUT2D eigenvalue weighted by Gasteiger charge is 2.06. The highest BCUT2D eigenvalue weighted by atomic mass is 127. The fourth-order valence-corrected chi connectivity index (χ4v) is 2.98. The Balaban J connectivity index is 0.00000300. The van der Waals surface area contributed by atoms with Crippen molar-refractivity contribution < 1.29 is 4.74 Å². The van der Waals surface area contributed by atoms with Gasteiger partial charge in [-0.15, -0.1) is 24.0 Å². The molecule has 0 fully saturated rings. The number of aliphatic imine (C=N–C) groups is 1. The molecule has 0 bridgehead atoms. The Morgan fingerprint density at radius 2 is 1.97 bits per heavy atom. The van der Waals surface area contributed by atoms with Gasteiger partial charge >= 0.3 is 0 Å². The molecule has 0 aliphatic rings. The van der Waals surface area contributed by atoms with E-state index in [9.17, 15) is 0 Å². The summed E-state index contributed by atoms with van der Waals surface area (Å²) in [6, 6.07) is 14.4. The van der Waals surface area contributed by atoms with E-state index in [2.05, 4.69) is 53.7 Å². The minimum atomic E-state index is 0. The molecule has 2 aromatic carbocycles. The van der Waals surface area contributed by atoms with Crippen molar-refractivity contribution in [2.45, 2.75) is 26.9 Å². The summed E-state index contributed by atoms with van der Waals surface area (Å²) in [6.45, 7) is 6.11. The van der Waals surface area contributed by atoms with Crippen LogP contribution >= 0.6 is 24.0 Å². The van der Waals surface area contributed by atoms with E-state index >= 15 is 0 Å². The molecule has 0 aliphatic carbocycles. The van der Waals surface area contributed by atoms with E-state index in [0.717, 1.165) is 29.5 Å². The Kier molecular flexibility index (Phi) is 8.98. The number of halogens is 1. The van der Waals surface area contributed by atoms with Crippen molar-refractivity contribution >= 4 is 29.9 Å². The molecule has 0 unspecified atom stereocenters. The molecular weight excluding hydrogens is 477 g/mol. The lowest BCUT2D eigenvalue weighted by Gasteiger charge is -2.15. The number of aromatic nitrogens is 2. The third kappa shape index (κ3) is 6.22. The Hall–Kier alpha value is -2.55. The number of aryl methyl sites for hydroxylation is 1. The Labute approximate surface area is 189 Å². The lowest BCUT2D eigenvalue weighted by molar-refractivity contribution is 0.409. The van der Waals surface area contributed by atoms with E-state index in [1.807, 2.05) is 35.3 Å². The fraction of sp³-hybridized carbons (Fsp3) is 0.273. The van der Waals surface area contributed by atoms with E-state index in [-0.39, 0.29) is 24.0 Å². The zero-order chi connectivity index (χ0) is 19.8. The van der Waals surface area contributed by atoms with E-state index in [1.54, 1.807) is 13.3 Å². The largest absolute Gasteiger partial charge is 0.496 e. The molecule has 0 amide bonds. The van der Waals surface area contributed by atoms with Gasteiger partial charge in [0.25, 0.3) is 0 Å². The molecule has 1 heterocycles. The number of rotatable bonds is 7. The second kappa shape index (κ2) is 11.5. The minimum absolute atomic E-state index is 0. The van der Waals surface area contributed by atoms with E-state index in [4.69, 9.17) is 9.73 Å². The van der Waals surface area contributed by atoms with E-state index in [1.165, 1.54) is 11.1 Å². The maximum absolute atomic E-state index is 5.49. The first-order chi connectivity index (χ1) is 13.7. The van der Waals surface area contributed by atoms with Crippen molar-refractivity contribution in [1.82, 2.24) is 20.2 Å². The smallest absolute Gasteiger partial charge is 0.191 e. The van der Waals surface area contributed by atoms with Crippen LogP contribution in [0.15, 0.2) is 66.2 Å². The Bertz CT molecular complexity index is 925. The van der Waals surface area contributed by atoms with Crippen molar-refractivity contribution in [2.24, 2.45) is 4.99 Å². The van der Waals surface area contributed by atoms with Gasteiger partial charge < -0.3 is 19.9 Å². The maximum Gasteiger partial charge on any atom is 0.191 e. The summed E-state index contributed by atoms with van der Waals surface area (Å²) < 4.78 is 7.50. The van der Waals surface area contributed by atoms with E-state index in [0.29, 0.717) is 13.1 Å². The lowest BCUT2D eigenvalue weighted by atomic mass is 10.1. The molecule has 0 saturated heterocycles. The summed E-state index contributed by atoms with van der Waals surface area (Å²) in [5, 5.41) is 6.73. The Morgan fingerprint density at radius 3 is 2.69 bits per heavy atom. The number of para-hydroxylation sites is 1. The first-order valence-corrected chi connectivity index (χ1v) is 9.43. The summed E-state index contributed by atoms with van der Waals surface area (Å²) >= 11 is 0. The number of methoxy groups -OCH3 is 1. The summed E-state index contributed by atoms with van der Waals surface area (Å²) in [5.41, 5.74) is 4.50. The molecule has 154 valence electrons. The first-order valence-electron chi connectivity index (χ1n) is 9.43. The summed E-state index contributed by atoms with van der Waals surface area (Å²) in [7, 11) is 1.69. The quantitative estimate of drug-likeness (QED) is 0.289. The number of nitrogens with zero attached hydrogens (tertiary/aromatic N) is 3. The molecule has 6 nitrogen and oxygen atoms in total. The number of guanidine groups is 1. The van der Waals surface area contributed by atoms with Crippen LogP contribution in [0.3, 0.4) is 0 Å². The summed E-state index contributed by atoms with van der Waals surface area (Å²) in [6.07, 6.45) is 5.54. The van der Waals surface area contributed by atoms with Crippen molar-refractivity contribution in [3.05, 3.63) is 77.9 Å². The molecule has 0 saturated carbocycles. The van der Waals surface area contributed by atoms with Gasteiger partial charge in [-0.1, -0.05) is 30.3 Å². The number of ether oxygens (including phenoxy) is 1. The molecular formula is C22H28IN5O. The minimum Gasteiger partial charge on any atom is -0.496 e. The topological polar surface area (TPSA) is 63.5 Å². The number of hydrogen-bond acceptors (Lipinski definition) is 3. The average Bonchev–Trinajstić information content (AvgIpc) is 3.25. The second-order valence-electron chi connectivity index (χ2n) is 6.46. The molecule has 29 heavy (non-hydrogen) atoms. The third-order valence-corrected chi connectivity index (χ3v) is 4.41. The van der Waals surface area contributed by atoms with Gasteiger partial charge in [0.15, 0.2) is 5.96 Å². The zero-order valence-electron chi connectivity index (χ0n) is 17.1.